The maximum Gasteiger partial charge on any atom is 0.263 e. The number of carbonyl (C=O) groups excluding carboxylic acids is 2. The summed E-state index contributed by atoms with van der Waals surface area (Å²) in [6.07, 6.45) is -0.0496. The molecule has 0 saturated heterocycles. The Kier molecular flexibility index (Phi) is 4.24. The van der Waals surface area contributed by atoms with Crippen LogP contribution < -0.4 is 19.7 Å². The molecule has 0 aromatic heterocycles. The van der Waals surface area contributed by atoms with Crippen LogP contribution in [0.3, 0.4) is 0 Å². The molecule has 0 saturated carbocycles. The van der Waals surface area contributed by atoms with E-state index in [1.54, 1.807) is 11.0 Å². The number of benzene rings is 2. The molecule has 134 valence electrons. The first kappa shape index (κ1) is 16.4. The zero-order chi connectivity index (χ0) is 18.1. The van der Waals surface area contributed by atoms with Crippen molar-refractivity contribution in [2.75, 3.05) is 18.1 Å². The van der Waals surface area contributed by atoms with Gasteiger partial charge in [0.25, 0.3) is 5.91 Å². The molecule has 0 radical (unpaired) electrons. The summed E-state index contributed by atoms with van der Waals surface area (Å²) < 4.78 is 11.5. The highest BCUT2D eigenvalue weighted by molar-refractivity contribution is 5.96. The third kappa shape index (κ3) is 2.98. The van der Waals surface area contributed by atoms with Crippen molar-refractivity contribution in [3.05, 3.63) is 54.1 Å². The van der Waals surface area contributed by atoms with Gasteiger partial charge in [-0.25, -0.2) is 0 Å². The van der Waals surface area contributed by atoms with Gasteiger partial charge in [0.2, 0.25) is 5.91 Å². The standard InChI is InChI=1S/C20H20N2O4/c1-13(23)22-12-19(26-18-9-5-3-7-16(18)22)20(24)21-15-10-11-25-17-8-4-2-6-14(15)17/h2-9,15,19H,10-12H2,1H3,(H,21,24)/t15-,19+/m1/s1. The summed E-state index contributed by atoms with van der Waals surface area (Å²) in [4.78, 5) is 26.4. The van der Waals surface area contributed by atoms with E-state index in [0.717, 1.165) is 11.3 Å². The third-order valence-electron chi connectivity index (χ3n) is 4.72. The van der Waals surface area contributed by atoms with Crippen LogP contribution in [0.5, 0.6) is 11.5 Å². The van der Waals surface area contributed by atoms with Crippen molar-refractivity contribution in [1.82, 2.24) is 5.32 Å². The van der Waals surface area contributed by atoms with Gasteiger partial charge in [-0.05, 0) is 18.2 Å². The van der Waals surface area contributed by atoms with Crippen molar-refractivity contribution in [3.63, 3.8) is 0 Å². The highest BCUT2D eigenvalue weighted by Gasteiger charge is 2.34. The number of nitrogens with one attached hydrogen (secondary N) is 1. The van der Waals surface area contributed by atoms with E-state index in [1.165, 1.54) is 6.92 Å². The van der Waals surface area contributed by atoms with Crippen molar-refractivity contribution < 1.29 is 19.1 Å². The van der Waals surface area contributed by atoms with Crippen LogP contribution in [0.1, 0.15) is 24.9 Å². The van der Waals surface area contributed by atoms with Crippen LogP contribution in [0.25, 0.3) is 0 Å². The number of carbonyl (C=O) groups is 2. The monoisotopic (exact) mass is 352 g/mol. The predicted molar refractivity (Wildman–Crippen MR) is 96.3 cm³/mol. The number of rotatable bonds is 2. The Labute approximate surface area is 151 Å². The quantitative estimate of drug-likeness (QED) is 0.901. The Balaban J connectivity index is 1.54. The van der Waals surface area contributed by atoms with E-state index in [9.17, 15) is 9.59 Å². The van der Waals surface area contributed by atoms with E-state index in [2.05, 4.69) is 5.32 Å². The average Bonchev–Trinajstić information content (AvgIpc) is 2.67. The molecular weight excluding hydrogens is 332 g/mol. The van der Waals surface area contributed by atoms with E-state index < -0.39 is 6.10 Å². The summed E-state index contributed by atoms with van der Waals surface area (Å²) in [6.45, 7) is 2.24. The molecule has 2 amide bonds. The Morgan fingerprint density at radius 1 is 1.08 bits per heavy atom. The lowest BCUT2D eigenvalue weighted by Crippen LogP contribution is -2.51. The molecule has 2 aromatic rings. The van der Waals surface area contributed by atoms with Crippen molar-refractivity contribution in [3.8, 4) is 11.5 Å². The minimum absolute atomic E-state index is 0.116. The Bertz CT molecular complexity index is 851. The zero-order valence-corrected chi connectivity index (χ0v) is 14.5. The zero-order valence-electron chi connectivity index (χ0n) is 14.5. The molecule has 2 heterocycles. The van der Waals surface area contributed by atoms with Crippen molar-refractivity contribution >= 4 is 17.5 Å². The van der Waals surface area contributed by atoms with E-state index in [0.29, 0.717) is 24.5 Å². The Morgan fingerprint density at radius 3 is 2.62 bits per heavy atom. The molecule has 6 nitrogen and oxygen atoms in total. The minimum Gasteiger partial charge on any atom is -0.493 e. The fraction of sp³-hybridized carbons (Fsp3) is 0.300. The van der Waals surface area contributed by atoms with Gasteiger partial charge in [0.15, 0.2) is 6.10 Å². The van der Waals surface area contributed by atoms with E-state index in [4.69, 9.17) is 9.47 Å². The lowest BCUT2D eigenvalue weighted by atomic mass is 10.00. The second-order valence-corrected chi connectivity index (χ2v) is 6.44. The molecule has 0 unspecified atom stereocenters. The molecule has 2 aromatic carbocycles. The number of hydrogen-bond acceptors (Lipinski definition) is 4. The fourth-order valence-electron chi connectivity index (χ4n) is 3.43. The maximum atomic E-state index is 12.8. The number of para-hydroxylation sites is 3. The molecule has 0 spiro atoms. The normalized spacial score (nSPS) is 20.9. The van der Waals surface area contributed by atoms with Crippen molar-refractivity contribution in [2.45, 2.75) is 25.5 Å². The number of hydrogen-bond donors (Lipinski definition) is 1. The summed E-state index contributed by atoms with van der Waals surface area (Å²) in [6, 6.07) is 14.8. The molecule has 2 aliphatic rings. The second-order valence-electron chi connectivity index (χ2n) is 6.44. The molecule has 0 fully saturated rings. The number of fused-ring (bicyclic) bond motifs is 2. The second kappa shape index (κ2) is 6.71. The summed E-state index contributed by atoms with van der Waals surface area (Å²) in [7, 11) is 0. The van der Waals surface area contributed by atoms with Crippen LogP contribution in [0.15, 0.2) is 48.5 Å². The van der Waals surface area contributed by atoms with Crippen LogP contribution in [-0.4, -0.2) is 31.1 Å². The van der Waals surface area contributed by atoms with Gasteiger partial charge in [0.05, 0.1) is 24.9 Å². The molecule has 2 aliphatic heterocycles. The number of anilines is 1. The molecule has 0 aliphatic carbocycles. The molecule has 26 heavy (non-hydrogen) atoms. The molecule has 0 bridgehead atoms. The topological polar surface area (TPSA) is 67.9 Å². The van der Waals surface area contributed by atoms with Crippen LogP contribution in [0.4, 0.5) is 5.69 Å². The van der Waals surface area contributed by atoms with Gasteiger partial charge in [-0.3, -0.25) is 9.59 Å². The van der Waals surface area contributed by atoms with Crippen LogP contribution >= 0.6 is 0 Å². The first-order valence-corrected chi connectivity index (χ1v) is 8.69. The predicted octanol–water partition coefficient (Wildman–Crippen LogP) is 2.44. The molecule has 6 heteroatoms. The smallest absolute Gasteiger partial charge is 0.263 e. The van der Waals surface area contributed by atoms with Gasteiger partial charge in [-0.15, -0.1) is 0 Å². The number of ether oxygens (including phenoxy) is 2. The molecule has 4 rings (SSSR count). The van der Waals surface area contributed by atoms with Gasteiger partial charge in [-0.1, -0.05) is 30.3 Å². The van der Waals surface area contributed by atoms with Gasteiger partial charge in [0, 0.05) is 18.9 Å². The molecular formula is C20H20N2O4. The minimum atomic E-state index is -0.746. The highest BCUT2D eigenvalue weighted by Crippen LogP contribution is 2.34. The Hall–Kier alpha value is -3.02. The summed E-state index contributed by atoms with van der Waals surface area (Å²) in [5, 5.41) is 3.05. The lowest BCUT2D eigenvalue weighted by Gasteiger charge is -2.35. The van der Waals surface area contributed by atoms with E-state index in [-0.39, 0.29) is 24.4 Å². The average molecular weight is 352 g/mol. The highest BCUT2D eigenvalue weighted by atomic mass is 16.5. The summed E-state index contributed by atoms with van der Waals surface area (Å²) >= 11 is 0. The lowest BCUT2D eigenvalue weighted by molar-refractivity contribution is -0.129. The van der Waals surface area contributed by atoms with Crippen molar-refractivity contribution in [1.29, 1.82) is 0 Å². The first-order valence-electron chi connectivity index (χ1n) is 8.69. The van der Waals surface area contributed by atoms with E-state index >= 15 is 0 Å². The molecule has 1 N–H and O–H groups in total. The van der Waals surface area contributed by atoms with Gasteiger partial charge in [0.1, 0.15) is 11.5 Å². The summed E-state index contributed by atoms with van der Waals surface area (Å²) in [5.74, 6) is 0.994. The van der Waals surface area contributed by atoms with Crippen LogP contribution in [0.2, 0.25) is 0 Å². The van der Waals surface area contributed by atoms with E-state index in [1.807, 2.05) is 42.5 Å². The van der Waals surface area contributed by atoms with Crippen LogP contribution in [0, 0.1) is 0 Å². The molecule has 2 atom stereocenters. The van der Waals surface area contributed by atoms with Crippen molar-refractivity contribution in [2.24, 2.45) is 0 Å². The van der Waals surface area contributed by atoms with Gasteiger partial charge in [-0.2, -0.15) is 0 Å². The summed E-state index contributed by atoms with van der Waals surface area (Å²) in [5.41, 5.74) is 1.66. The van der Waals surface area contributed by atoms with Gasteiger partial charge >= 0.3 is 0 Å². The maximum absolute atomic E-state index is 12.8. The SMILES string of the molecule is CC(=O)N1C[C@@H](C(=O)N[C@@H]2CCOc3ccccc32)Oc2ccccc21. The van der Waals surface area contributed by atoms with Gasteiger partial charge < -0.3 is 19.7 Å². The number of nitrogens with zero attached hydrogens (tertiary/aromatic N) is 1. The largest absolute Gasteiger partial charge is 0.493 e. The first-order chi connectivity index (χ1) is 12.6. The number of amides is 2. The Morgan fingerprint density at radius 2 is 1.81 bits per heavy atom. The third-order valence-corrected chi connectivity index (χ3v) is 4.72. The fourth-order valence-corrected chi connectivity index (χ4v) is 3.43. The van der Waals surface area contributed by atoms with Crippen LogP contribution in [-0.2, 0) is 9.59 Å².